The quantitative estimate of drug-likeness (QED) is 0.845. The van der Waals surface area contributed by atoms with E-state index >= 15 is 0 Å². The molecule has 1 aromatic carbocycles. The molecule has 2 fully saturated rings. The van der Waals surface area contributed by atoms with Crippen LogP contribution in [0.15, 0.2) is 24.3 Å². The van der Waals surface area contributed by atoms with Gasteiger partial charge in [-0.25, -0.2) is 0 Å². The first-order valence-electron chi connectivity index (χ1n) is 8.39. The number of nitrogens with one attached hydrogen (secondary N) is 1. The number of benzene rings is 1. The van der Waals surface area contributed by atoms with Crippen LogP contribution >= 0.6 is 0 Å². The summed E-state index contributed by atoms with van der Waals surface area (Å²) in [5.74, 6) is 1.13. The maximum atomic E-state index is 11.9. The van der Waals surface area contributed by atoms with Crippen molar-refractivity contribution in [3.05, 3.63) is 24.3 Å². The number of hydrogen-bond acceptors (Lipinski definition) is 2. The lowest BCUT2D eigenvalue weighted by Gasteiger charge is -2.21. The van der Waals surface area contributed by atoms with Crippen molar-refractivity contribution >= 4 is 17.3 Å². The minimum Gasteiger partial charge on any atom is -0.382 e. The van der Waals surface area contributed by atoms with E-state index < -0.39 is 0 Å². The zero-order valence-electron chi connectivity index (χ0n) is 13.0. The van der Waals surface area contributed by atoms with Gasteiger partial charge in [-0.2, -0.15) is 0 Å². The van der Waals surface area contributed by atoms with Crippen molar-refractivity contribution < 1.29 is 4.79 Å². The van der Waals surface area contributed by atoms with Gasteiger partial charge in [0, 0.05) is 30.4 Å². The Morgan fingerprint density at radius 2 is 2.05 bits per heavy atom. The molecular weight excluding hydrogens is 260 g/mol. The van der Waals surface area contributed by atoms with Crippen molar-refractivity contribution in [1.29, 1.82) is 0 Å². The SMILES string of the molecule is CC1CCCC(Nc2cccc(N3CCCC3=O)c2)CC1. The first kappa shape index (κ1) is 14.4. The van der Waals surface area contributed by atoms with Gasteiger partial charge < -0.3 is 10.2 Å². The first-order chi connectivity index (χ1) is 10.2. The lowest BCUT2D eigenvalue weighted by molar-refractivity contribution is -0.117. The number of carbonyl (C=O) groups excluding carboxylic acids is 1. The maximum Gasteiger partial charge on any atom is 0.227 e. The van der Waals surface area contributed by atoms with Crippen LogP contribution in [0.25, 0.3) is 0 Å². The fourth-order valence-electron chi connectivity index (χ4n) is 3.55. The lowest BCUT2D eigenvalue weighted by atomic mass is 10.0. The van der Waals surface area contributed by atoms with E-state index in [1.807, 2.05) is 11.0 Å². The molecule has 2 atom stereocenters. The Morgan fingerprint density at radius 3 is 2.86 bits per heavy atom. The van der Waals surface area contributed by atoms with Crippen LogP contribution in [-0.2, 0) is 4.79 Å². The largest absolute Gasteiger partial charge is 0.382 e. The standard InChI is InChI=1S/C18H26N2O/c1-14-5-2-6-15(11-10-14)19-16-7-3-8-17(13-16)20-12-4-9-18(20)21/h3,7-8,13-15,19H,2,4-6,9-12H2,1H3. The van der Waals surface area contributed by atoms with E-state index in [4.69, 9.17) is 0 Å². The van der Waals surface area contributed by atoms with E-state index in [-0.39, 0.29) is 5.91 Å². The minimum absolute atomic E-state index is 0.260. The molecule has 3 rings (SSSR count). The third kappa shape index (κ3) is 3.58. The van der Waals surface area contributed by atoms with Gasteiger partial charge in [0.25, 0.3) is 0 Å². The van der Waals surface area contributed by atoms with Crippen molar-refractivity contribution in [2.75, 3.05) is 16.8 Å². The molecule has 1 heterocycles. The van der Waals surface area contributed by atoms with Gasteiger partial charge in [0.2, 0.25) is 5.91 Å². The average Bonchev–Trinajstić information content (AvgIpc) is 2.80. The Kier molecular flexibility index (Phi) is 4.47. The van der Waals surface area contributed by atoms with Crippen LogP contribution < -0.4 is 10.2 Å². The summed E-state index contributed by atoms with van der Waals surface area (Å²) in [5, 5.41) is 3.68. The average molecular weight is 286 g/mol. The summed E-state index contributed by atoms with van der Waals surface area (Å²) in [6.45, 7) is 3.23. The molecule has 0 bridgehead atoms. The highest BCUT2D eigenvalue weighted by Crippen LogP contribution is 2.28. The summed E-state index contributed by atoms with van der Waals surface area (Å²) >= 11 is 0. The molecule has 1 saturated carbocycles. The van der Waals surface area contributed by atoms with Gasteiger partial charge in [-0.3, -0.25) is 4.79 Å². The number of nitrogens with zero attached hydrogens (tertiary/aromatic N) is 1. The van der Waals surface area contributed by atoms with E-state index in [0.29, 0.717) is 12.5 Å². The fourth-order valence-corrected chi connectivity index (χ4v) is 3.55. The topological polar surface area (TPSA) is 32.3 Å². The maximum absolute atomic E-state index is 11.9. The molecule has 114 valence electrons. The van der Waals surface area contributed by atoms with Crippen molar-refractivity contribution in [3.63, 3.8) is 0 Å². The van der Waals surface area contributed by atoms with Crippen LogP contribution in [0.3, 0.4) is 0 Å². The van der Waals surface area contributed by atoms with E-state index in [0.717, 1.165) is 30.3 Å². The monoisotopic (exact) mass is 286 g/mol. The molecule has 0 aromatic heterocycles. The van der Waals surface area contributed by atoms with Crippen molar-refractivity contribution in [2.45, 2.75) is 57.9 Å². The Bertz CT molecular complexity index is 500. The fraction of sp³-hybridized carbons (Fsp3) is 0.611. The van der Waals surface area contributed by atoms with Crippen LogP contribution in [0, 0.1) is 5.92 Å². The summed E-state index contributed by atoms with van der Waals surface area (Å²) < 4.78 is 0. The zero-order chi connectivity index (χ0) is 14.7. The summed E-state index contributed by atoms with van der Waals surface area (Å²) in [7, 11) is 0. The van der Waals surface area contributed by atoms with Crippen LogP contribution in [-0.4, -0.2) is 18.5 Å². The summed E-state index contributed by atoms with van der Waals surface area (Å²) in [4.78, 5) is 13.8. The normalized spacial score (nSPS) is 26.7. The van der Waals surface area contributed by atoms with Crippen molar-refractivity contribution in [2.24, 2.45) is 5.92 Å². The number of carbonyl (C=O) groups is 1. The third-order valence-electron chi connectivity index (χ3n) is 4.86. The number of amides is 1. The van der Waals surface area contributed by atoms with Crippen LogP contribution in [0.4, 0.5) is 11.4 Å². The van der Waals surface area contributed by atoms with Gasteiger partial charge in [-0.05, 0) is 49.8 Å². The van der Waals surface area contributed by atoms with Crippen LogP contribution in [0.1, 0.15) is 51.9 Å². The minimum atomic E-state index is 0.260. The second-order valence-electron chi connectivity index (χ2n) is 6.65. The van der Waals surface area contributed by atoms with Crippen molar-refractivity contribution in [1.82, 2.24) is 0 Å². The molecule has 1 aromatic rings. The predicted octanol–water partition coefficient (Wildman–Crippen LogP) is 4.19. The lowest BCUT2D eigenvalue weighted by Crippen LogP contribution is -2.24. The van der Waals surface area contributed by atoms with Crippen LogP contribution in [0.2, 0.25) is 0 Å². The summed E-state index contributed by atoms with van der Waals surface area (Å²) in [5.41, 5.74) is 2.20. The molecule has 1 N–H and O–H groups in total. The molecule has 1 amide bonds. The molecule has 2 unspecified atom stereocenters. The van der Waals surface area contributed by atoms with E-state index in [2.05, 4.69) is 30.4 Å². The van der Waals surface area contributed by atoms with E-state index in [1.165, 1.54) is 32.1 Å². The van der Waals surface area contributed by atoms with Gasteiger partial charge in [0.1, 0.15) is 0 Å². The molecule has 3 nitrogen and oxygen atoms in total. The highest BCUT2D eigenvalue weighted by molar-refractivity contribution is 5.95. The zero-order valence-corrected chi connectivity index (χ0v) is 13.0. The number of hydrogen-bond donors (Lipinski definition) is 1. The molecule has 3 heteroatoms. The van der Waals surface area contributed by atoms with Crippen LogP contribution in [0.5, 0.6) is 0 Å². The predicted molar refractivity (Wildman–Crippen MR) is 87.7 cm³/mol. The molecule has 2 aliphatic rings. The summed E-state index contributed by atoms with van der Waals surface area (Å²) in [6.07, 6.45) is 8.20. The smallest absolute Gasteiger partial charge is 0.227 e. The molecule has 0 spiro atoms. The van der Waals surface area contributed by atoms with Crippen molar-refractivity contribution in [3.8, 4) is 0 Å². The second kappa shape index (κ2) is 6.50. The van der Waals surface area contributed by atoms with E-state index in [1.54, 1.807) is 0 Å². The van der Waals surface area contributed by atoms with Gasteiger partial charge in [0.15, 0.2) is 0 Å². The molecule has 1 aliphatic carbocycles. The molecular formula is C18H26N2O. The Balaban J connectivity index is 1.67. The molecule has 0 radical (unpaired) electrons. The summed E-state index contributed by atoms with van der Waals surface area (Å²) in [6, 6.07) is 8.95. The number of rotatable bonds is 3. The molecule has 21 heavy (non-hydrogen) atoms. The van der Waals surface area contributed by atoms with Gasteiger partial charge in [-0.1, -0.05) is 25.8 Å². The third-order valence-corrected chi connectivity index (χ3v) is 4.86. The Morgan fingerprint density at radius 1 is 1.14 bits per heavy atom. The van der Waals surface area contributed by atoms with Gasteiger partial charge >= 0.3 is 0 Å². The first-order valence-corrected chi connectivity index (χ1v) is 8.39. The Labute approximate surface area is 127 Å². The number of anilines is 2. The Hall–Kier alpha value is -1.51. The van der Waals surface area contributed by atoms with Gasteiger partial charge in [-0.15, -0.1) is 0 Å². The molecule has 1 saturated heterocycles. The highest BCUT2D eigenvalue weighted by Gasteiger charge is 2.22. The van der Waals surface area contributed by atoms with Gasteiger partial charge in [0.05, 0.1) is 0 Å². The van der Waals surface area contributed by atoms with E-state index in [9.17, 15) is 4.79 Å². The second-order valence-corrected chi connectivity index (χ2v) is 6.65. The molecule has 1 aliphatic heterocycles. The highest BCUT2D eigenvalue weighted by atomic mass is 16.2.